The van der Waals surface area contributed by atoms with E-state index < -0.39 is 10.0 Å². The predicted molar refractivity (Wildman–Crippen MR) is 105 cm³/mol. The van der Waals surface area contributed by atoms with Crippen LogP contribution in [0, 0.1) is 18.3 Å². The van der Waals surface area contributed by atoms with Crippen molar-refractivity contribution in [1.82, 2.24) is 4.31 Å². The lowest BCUT2D eigenvalue weighted by atomic mass is 9.90. The Kier molecular flexibility index (Phi) is 3.33. The van der Waals surface area contributed by atoms with E-state index in [0.29, 0.717) is 17.4 Å². The highest BCUT2D eigenvalue weighted by atomic mass is 79.9. The number of rotatable bonds is 3. The summed E-state index contributed by atoms with van der Waals surface area (Å²) in [5, 5.41) is 0. The first kappa shape index (κ1) is 16.6. The van der Waals surface area contributed by atoms with Gasteiger partial charge in [-0.05, 0) is 54.9 Å². The van der Waals surface area contributed by atoms with Gasteiger partial charge in [0.05, 0.1) is 4.90 Å². The Morgan fingerprint density at radius 1 is 1.08 bits per heavy atom. The molecule has 3 nitrogen and oxygen atoms in total. The molecule has 2 saturated carbocycles. The summed E-state index contributed by atoms with van der Waals surface area (Å²) in [5.41, 5.74) is 2.61. The molecule has 3 aliphatic rings. The lowest BCUT2D eigenvalue weighted by Crippen LogP contribution is -2.33. The molecule has 0 amide bonds. The Morgan fingerprint density at radius 2 is 1.77 bits per heavy atom. The molecule has 0 unspecified atom stereocenters. The second kappa shape index (κ2) is 5.23. The number of halogens is 1. The van der Waals surface area contributed by atoms with Crippen molar-refractivity contribution < 1.29 is 8.42 Å². The lowest BCUT2D eigenvalue weighted by Gasteiger charge is -2.27. The highest BCUT2D eigenvalue weighted by Crippen LogP contribution is 2.84. The van der Waals surface area contributed by atoms with Gasteiger partial charge >= 0.3 is 0 Å². The smallest absolute Gasteiger partial charge is 0.263 e. The minimum absolute atomic E-state index is 0.00755. The summed E-state index contributed by atoms with van der Waals surface area (Å²) < 4.78 is 28.8. The van der Waals surface area contributed by atoms with Crippen molar-refractivity contribution in [3.63, 3.8) is 0 Å². The Morgan fingerprint density at radius 3 is 2.42 bits per heavy atom. The van der Waals surface area contributed by atoms with Gasteiger partial charge < -0.3 is 0 Å². The second-order valence-corrected chi connectivity index (χ2v) is 10.5. The van der Waals surface area contributed by atoms with Gasteiger partial charge in [0.15, 0.2) is 0 Å². The van der Waals surface area contributed by atoms with Crippen molar-refractivity contribution in [2.45, 2.75) is 30.1 Å². The molecule has 0 N–H and O–H groups in total. The molecule has 2 fully saturated rings. The number of sulfonamides is 1. The van der Waals surface area contributed by atoms with E-state index in [1.165, 1.54) is 18.4 Å². The highest BCUT2D eigenvalue weighted by molar-refractivity contribution is 9.10. The average molecular weight is 430 g/mol. The van der Waals surface area contributed by atoms with Crippen LogP contribution >= 0.6 is 15.9 Å². The molecule has 1 spiro atoms. The van der Waals surface area contributed by atoms with Gasteiger partial charge in [-0.3, -0.25) is 4.31 Å². The Bertz CT molecular complexity index is 1020. The maximum atomic E-state index is 13.1. The zero-order valence-electron chi connectivity index (χ0n) is 14.5. The summed E-state index contributed by atoms with van der Waals surface area (Å²) in [6.07, 6.45) is 6.32. The molecule has 2 aromatic rings. The van der Waals surface area contributed by atoms with E-state index in [1.54, 1.807) is 22.6 Å². The zero-order valence-corrected chi connectivity index (χ0v) is 16.9. The molecule has 2 aliphatic carbocycles. The van der Waals surface area contributed by atoms with Crippen LogP contribution in [0.5, 0.6) is 0 Å². The van der Waals surface area contributed by atoms with Crippen molar-refractivity contribution in [2.24, 2.45) is 11.3 Å². The quantitative estimate of drug-likeness (QED) is 0.713. The van der Waals surface area contributed by atoms with Crippen molar-refractivity contribution in [1.29, 1.82) is 0 Å². The van der Waals surface area contributed by atoms with E-state index in [9.17, 15) is 8.42 Å². The van der Waals surface area contributed by atoms with E-state index >= 15 is 0 Å². The van der Waals surface area contributed by atoms with E-state index in [4.69, 9.17) is 0 Å². The van der Waals surface area contributed by atoms with Crippen molar-refractivity contribution >= 4 is 26.0 Å². The van der Waals surface area contributed by atoms with E-state index in [0.717, 1.165) is 10.0 Å². The van der Waals surface area contributed by atoms with Crippen LogP contribution in [0.2, 0.25) is 0 Å². The Hall–Kier alpha value is -1.59. The number of benzene rings is 2. The minimum atomic E-state index is -3.49. The fourth-order valence-corrected chi connectivity index (χ4v) is 6.95. The first-order chi connectivity index (χ1) is 12.4. The second-order valence-electron chi connectivity index (χ2n) is 7.76. The number of aryl methyl sites for hydroxylation is 1. The van der Waals surface area contributed by atoms with Crippen LogP contribution in [0.15, 0.2) is 70.2 Å². The predicted octanol–water partition coefficient (Wildman–Crippen LogP) is 4.62. The molecule has 0 saturated heterocycles. The minimum Gasteiger partial charge on any atom is -0.273 e. The van der Waals surface area contributed by atoms with E-state index in [1.807, 2.05) is 25.1 Å². The standard InChI is InChI=1S/C21H20BrNO2S/c1-15-6-8-16(9-7-15)26(24,25)23-13-12-21(17-4-2-3-5-18(17)22)19(14-23)20(21)10-11-20/h2-9,12-13,19H,10-11,14H2,1H3/t19-,21+/m0/s1. The molecular formula is C21H20BrNO2S. The van der Waals surface area contributed by atoms with Crippen LogP contribution in [0.3, 0.4) is 0 Å². The van der Waals surface area contributed by atoms with Crippen LogP contribution in [0.1, 0.15) is 24.0 Å². The third kappa shape index (κ3) is 2.01. The van der Waals surface area contributed by atoms with Crippen LogP contribution in [0.4, 0.5) is 0 Å². The number of nitrogens with zero attached hydrogens (tertiary/aromatic N) is 1. The Labute approximate surface area is 162 Å². The molecular weight excluding hydrogens is 410 g/mol. The van der Waals surface area contributed by atoms with Crippen molar-refractivity contribution in [2.75, 3.05) is 6.54 Å². The summed E-state index contributed by atoms with van der Waals surface area (Å²) in [4.78, 5) is 0.367. The van der Waals surface area contributed by atoms with Gasteiger partial charge in [-0.25, -0.2) is 8.42 Å². The van der Waals surface area contributed by atoms with Gasteiger partial charge in [0.25, 0.3) is 10.0 Å². The molecule has 0 bridgehead atoms. The van der Waals surface area contributed by atoms with Crippen LogP contribution in [-0.4, -0.2) is 19.3 Å². The maximum Gasteiger partial charge on any atom is 0.263 e. The van der Waals surface area contributed by atoms with E-state index in [-0.39, 0.29) is 10.8 Å². The molecule has 1 aliphatic heterocycles. The van der Waals surface area contributed by atoms with Gasteiger partial charge in [0, 0.05) is 22.6 Å². The summed E-state index contributed by atoms with van der Waals surface area (Å²) in [5.74, 6) is 0.360. The maximum absolute atomic E-state index is 13.1. The molecule has 5 rings (SSSR count). The Balaban J connectivity index is 1.53. The third-order valence-electron chi connectivity index (χ3n) is 6.56. The van der Waals surface area contributed by atoms with Gasteiger partial charge in [0.1, 0.15) is 0 Å². The molecule has 134 valence electrons. The molecule has 1 heterocycles. The number of fused-ring (bicyclic) bond motifs is 3. The number of hydrogen-bond donors (Lipinski definition) is 0. The molecule has 26 heavy (non-hydrogen) atoms. The normalized spacial score (nSPS) is 28.1. The van der Waals surface area contributed by atoms with Gasteiger partial charge in [-0.15, -0.1) is 0 Å². The summed E-state index contributed by atoms with van der Waals surface area (Å²) in [7, 11) is -3.49. The van der Waals surface area contributed by atoms with Gasteiger partial charge in [-0.2, -0.15) is 0 Å². The highest BCUT2D eigenvalue weighted by Gasteiger charge is 2.82. The largest absolute Gasteiger partial charge is 0.273 e. The molecule has 0 radical (unpaired) electrons. The molecule has 5 heteroatoms. The van der Waals surface area contributed by atoms with Crippen molar-refractivity contribution in [3.05, 3.63) is 76.4 Å². The van der Waals surface area contributed by atoms with Crippen LogP contribution in [0.25, 0.3) is 0 Å². The summed E-state index contributed by atoms with van der Waals surface area (Å²) in [6, 6.07) is 15.5. The summed E-state index contributed by atoms with van der Waals surface area (Å²) >= 11 is 3.71. The fraction of sp³-hybridized carbons (Fsp3) is 0.333. The SMILES string of the molecule is Cc1ccc(S(=O)(=O)N2C=C[C@@]3(c4ccccc4Br)[C@@H](C2)C32CC2)cc1. The van der Waals surface area contributed by atoms with E-state index in [2.05, 4.69) is 40.2 Å². The lowest BCUT2D eigenvalue weighted by molar-refractivity contribution is 0.447. The first-order valence-electron chi connectivity index (χ1n) is 8.95. The monoisotopic (exact) mass is 429 g/mol. The fourth-order valence-electron chi connectivity index (χ4n) is 5.02. The van der Waals surface area contributed by atoms with Gasteiger partial charge in [0.2, 0.25) is 0 Å². The number of allylic oxidation sites excluding steroid dienone is 1. The molecule has 2 atom stereocenters. The van der Waals surface area contributed by atoms with Crippen LogP contribution < -0.4 is 0 Å². The first-order valence-corrected chi connectivity index (χ1v) is 11.2. The topological polar surface area (TPSA) is 37.4 Å². The number of hydrogen-bond acceptors (Lipinski definition) is 2. The zero-order chi connectivity index (χ0) is 18.2. The van der Waals surface area contributed by atoms with Crippen LogP contribution in [-0.2, 0) is 15.4 Å². The van der Waals surface area contributed by atoms with Gasteiger partial charge in [-0.1, -0.05) is 57.9 Å². The third-order valence-corrected chi connectivity index (χ3v) is 9.01. The summed E-state index contributed by atoms with van der Waals surface area (Å²) in [6.45, 7) is 2.53. The molecule has 0 aromatic heterocycles. The average Bonchev–Trinajstić information content (AvgIpc) is 3.53. The van der Waals surface area contributed by atoms with Crippen molar-refractivity contribution in [3.8, 4) is 0 Å². The molecule has 2 aromatic carbocycles.